The number of carbonyl (C=O) groups is 1. The molecule has 3 aromatic rings. The number of nitrogens with zero attached hydrogens (tertiary/aromatic N) is 7. The highest BCUT2D eigenvalue weighted by Gasteiger charge is 2.11. The third-order valence-corrected chi connectivity index (χ3v) is 2.27. The van der Waals surface area contributed by atoms with Crippen molar-refractivity contribution in [2.75, 3.05) is 5.32 Å². The first-order chi connectivity index (χ1) is 9.33. The van der Waals surface area contributed by atoms with Crippen molar-refractivity contribution in [1.82, 2.24) is 40.8 Å². The first kappa shape index (κ1) is 11.0. The number of aromatic amines is 1. The van der Waals surface area contributed by atoms with E-state index in [-0.39, 0.29) is 5.82 Å². The van der Waals surface area contributed by atoms with E-state index in [0.717, 1.165) is 5.69 Å². The molecule has 0 aliphatic heterocycles. The maximum atomic E-state index is 11.7. The minimum absolute atomic E-state index is 0.0344. The van der Waals surface area contributed by atoms with Crippen LogP contribution in [0.5, 0.6) is 0 Å². The van der Waals surface area contributed by atoms with Gasteiger partial charge in [-0.3, -0.25) is 4.79 Å². The number of benzene rings is 1. The summed E-state index contributed by atoms with van der Waals surface area (Å²) in [5.74, 6) is -0.490. The van der Waals surface area contributed by atoms with E-state index < -0.39 is 5.91 Å². The number of tetrazole rings is 2. The molecule has 10 nitrogen and oxygen atoms in total. The molecule has 2 N–H and O–H groups in total. The Kier molecular flexibility index (Phi) is 2.65. The molecule has 0 radical (unpaired) electrons. The van der Waals surface area contributed by atoms with Crippen LogP contribution >= 0.6 is 0 Å². The number of hydrogen-bond acceptors (Lipinski definition) is 7. The SMILES string of the molecule is O=C(Nc1cccc(-n2cnnn2)c1)c1nn[nH]n1. The minimum atomic E-state index is -0.456. The van der Waals surface area contributed by atoms with Gasteiger partial charge in [0.2, 0.25) is 0 Å². The molecule has 0 spiro atoms. The van der Waals surface area contributed by atoms with Gasteiger partial charge in [0.15, 0.2) is 0 Å². The monoisotopic (exact) mass is 257 g/mol. The fraction of sp³-hybridized carbons (Fsp3) is 0. The zero-order valence-electron chi connectivity index (χ0n) is 9.43. The van der Waals surface area contributed by atoms with Crippen LogP contribution in [0.4, 0.5) is 5.69 Å². The van der Waals surface area contributed by atoms with E-state index in [9.17, 15) is 4.79 Å². The lowest BCUT2D eigenvalue weighted by atomic mass is 10.2. The lowest BCUT2D eigenvalue weighted by molar-refractivity contribution is 0.101. The van der Waals surface area contributed by atoms with Gasteiger partial charge in [0, 0.05) is 5.69 Å². The largest absolute Gasteiger partial charge is 0.319 e. The van der Waals surface area contributed by atoms with Crippen molar-refractivity contribution in [3.63, 3.8) is 0 Å². The van der Waals surface area contributed by atoms with Gasteiger partial charge in [-0.2, -0.15) is 5.21 Å². The highest BCUT2D eigenvalue weighted by molar-refractivity contribution is 6.01. The number of aromatic nitrogens is 8. The normalized spacial score (nSPS) is 10.3. The van der Waals surface area contributed by atoms with E-state index >= 15 is 0 Å². The average Bonchev–Trinajstić information content (AvgIpc) is 3.13. The van der Waals surface area contributed by atoms with Crippen molar-refractivity contribution in [2.24, 2.45) is 0 Å². The summed E-state index contributed by atoms with van der Waals surface area (Å²) >= 11 is 0. The highest BCUT2D eigenvalue weighted by Crippen LogP contribution is 2.13. The molecule has 0 saturated carbocycles. The second kappa shape index (κ2) is 4.60. The maximum absolute atomic E-state index is 11.7. The number of rotatable bonds is 3. The second-order valence-corrected chi connectivity index (χ2v) is 3.49. The van der Waals surface area contributed by atoms with E-state index in [1.807, 2.05) is 0 Å². The van der Waals surface area contributed by atoms with Gasteiger partial charge < -0.3 is 5.32 Å². The first-order valence-corrected chi connectivity index (χ1v) is 5.21. The van der Waals surface area contributed by atoms with E-state index in [0.29, 0.717) is 5.69 Å². The van der Waals surface area contributed by atoms with E-state index in [2.05, 4.69) is 41.5 Å². The molecule has 0 aliphatic rings. The third-order valence-electron chi connectivity index (χ3n) is 2.27. The van der Waals surface area contributed by atoms with Crippen molar-refractivity contribution in [3.05, 3.63) is 36.4 Å². The minimum Gasteiger partial charge on any atom is -0.319 e. The Balaban J connectivity index is 1.82. The maximum Gasteiger partial charge on any atom is 0.297 e. The van der Waals surface area contributed by atoms with E-state index in [1.54, 1.807) is 24.3 Å². The molecule has 0 saturated heterocycles. The summed E-state index contributed by atoms with van der Waals surface area (Å²) in [6.45, 7) is 0. The number of hydrogen-bond donors (Lipinski definition) is 2. The molecule has 0 fully saturated rings. The van der Waals surface area contributed by atoms with Gasteiger partial charge in [-0.25, -0.2) is 4.68 Å². The number of anilines is 1. The van der Waals surface area contributed by atoms with Crippen LogP contribution in [0.25, 0.3) is 5.69 Å². The molecule has 0 aliphatic carbocycles. The molecule has 19 heavy (non-hydrogen) atoms. The zero-order valence-corrected chi connectivity index (χ0v) is 9.43. The Morgan fingerprint density at radius 1 is 1.37 bits per heavy atom. The van der Waals surface area contributed by atoms with E-state index in [4.69, 9.17) is 0 Å². The molecule has 0 atom stereocenters. The molecule has 2 aromatic heterocycles. The molecule has 3 rings (SSSR count). The Morgan fingerprint density at radius 3 is 3.05 bits per heavy atom. The number of carbonyl (C=O) groups excluding carboxylic acids is 1. The van der Waals surface area contributed by atoms with Crippen molar-refractivity contribution in [1.29, 1.82) is 0 Å². The Labute approximate surface area is 105 Å². The van der Waals surface area contributed by atoms with Crippen LogP contribution in [0, 0.1) is 0 Å². The fourth-order valence-corrected chi connectivity index (χ4v) is 1.45. The first-order valence-electron chi connectivity index (χ1n) is 5.21. The van der Waals surface area contributed by atoms with Gasteiger partial charge in [-0.05, 0) is 33.8 Å². The Hall–Kier alpha value is -3.17. The quantitative estimate of drug-likeness (QED) is 0.642. The summed E-state index contributed by atoms with van der Waals surface area (Å²) in [7, 11) is 0. The molecule has 0 bridgehead atoms. The molecule has 94 valence electrons. The smallest absolute Gasteiger partial charge is 0.297 e. The highest BCUT2D eigenvalue weighted by atomic mass is 16.2. The fourth-order valence-electron chi connectivity index (χ4n) is 1.45. The summed E-state index contributed by atoms with van der Waals surface area (Å²) in [6.07, 6.45) is 1.46. The molecule has 10 heteroatoms. The summed E-state index contributed by atoms with van der Waals surface area (Å²) < 4.78 is 1.48. The van der Waals surface area contributed by atoms with Crippen molar-refractivity contribution in [2.45, 2.75) is 0 Å². The van der Waals surface area contributed by atoms with Gasteiger partial charge >= 0.3 is 0 Å². The third kappa shape index (κ3) is 2.26. The van der Waals surface area contributed by atoms with Gasteiger partial charge in [-0.1, -0.05) is 6.07 Å². The van der Waals surface area contributed by atoms with Crippen LogP contribution in [0.15, 0.2) is 30.6 Å². The van der Waals surface area contributed by atoms with Gasteiger partial charge in [-0.15, -0.1) is 15.3 Å². The lowest BCUT2D eigenvalue weighted by Gasteiger charge is -2.04. The van der Waals surface area contributed by atoms with Crippen molar-refractivity contribution >= 4 is 11.6 Å². The molecular weight excluding hydrogens is 250 g/mol. The topological polar surface area (TPSA) is 127 Å². The van der Waals surface area contributed by atoms with Crippen LogP contribution in [-0.4, -0.2) is 46.7 Å². The number of amides is 1. The predicted molar refractivity (Wildman–Crippen MR) is 61.3 cm³/mol. The van der Waals surface area contributed by atoms with Crippen LogP contribution in [0.2, 0.25) is 0 Å². The second-order valence-electron chi connectivity index (χ2n) is 3.49. The summed E-state index contributed by atoms with van der Waals surface area (Å²) in [5.41, 5.74) is 1.29. The van der Waals surface area contributed by atoms with Gasteiger partial charge in [0.05, 0.1) is 5.69 Å². The standard InChI is InChI=1S/C9H7N9O/c19-9(8-12-15-16-13-8)11-6-2-1-3-7(4-6)18-5-10-14-17-18/h1-5H,(H,11,19)(H,12,13,15,16). The van der Waals surface area contributed by atoms with E-state index in [1.165, 1.54) is 11.0 Å². The Bertz CT molecular complexity index is 676. The molecule has 2 heterocycles. The van der Waals surface area contributed by atoms with Crippen molar-refractivity contribution in [3.8, 4) is 5.69 Å². The summed E-state index contributed by atoms with van der Waals surface area (Å²) in [4.78, 5) is 11.7. The predicted octanol–water partition coefficient (Wildman–Crippen LogP) is -0.572. The Morgan fingerprint density at radius 2 is 2.32 bits per heavy atom. The lowest BCUT2D eigenvalue weighted by Crippen LogP contribution is -2.14. The van der Waals surface area contributed by atoms with Gasteiger partial charge in [0.1, 0.15) is 6.33 Å². The average molecular weight is 257 g/mol. The van der Waals surface area contributed by atoms with Crippen LogP contribution < -0.4 is 5.32 Å². The van der Waals surface area contributed by atoms with Crippen LogP contribution in [0.3, 0.4) is 0 Å². The number of nitrogens with one attached hydrogen (secondary N) is 2. The molecule has 1 aromatic carbocycles. The van der Waals surface area contributed by atoms with Crippen LogP contribution in [0.1, 0.15) is 10.6 Å². The number of H-pyrrole nitrogens is 1. The molecule has 0 unspecified atom stereocenters. The zero-order chi connectivity index (χ0) is 13.1. The van der Waals surface area contributed by atoms with Crippen molar-refractivity contribution < 1.29 is 4.79 Å². The van der Waals surface area contributed by atoms with Crippen LogP contribution in [-0.2, 0) is 0 Å². The summed E-state index contributed by atoms with van der Waals surface area (Å²) in [5, 5.41) is 26.2. The van der Waals surface area contributed by atoms with Gasteiger partial charge in [0.25, 0.3) is 11.7 Å². The molecular formula is C9H7N9O. The summed E-state index contributed by atoms with van der Waals surface area (Å²) in [6, 6.07) is 7.02. The molecule has 1 amide bonds.